The van der Waals surface area contributed by atoms with E-state index in [1.807, 2.05) is 6.07 Å². The molecule has 1 aliphatic rings. The highest BCUT2D eigenvalue weighted by molar-refractivity contribution is 6.76. The Morgan fingerprint density at radius 2 is 1.96 bits per heavy atom. The lowest BCUT2D eigenvalue weighted by molar-refractivity contribution is -0.255. The van der Waals surface area contributed by atoms with Gasteiger partial charge in [-0.1, -0.05) is 37.8 Å². The molecule has 0 radical (unpaired) electrons. The summed E-state index contributed by atoms with van der Waals surface area (Å²) in [7, 11) is -1.23. The van der Waals surface area contributed by atoms with Gasteiger partial charge in [0, 0.05) is 21.1 Å². The summed E-state index contributed by atoms with van der Waals surface area (Å²) >= 11 is 0. The molecule has 140 valence electrons. The molecule has 0 aromatic heterocycles. The maximum absolute atomic E-state index is 12.2. The topological polar surface area (TPSA) is 85.2 Å². The lowest BCUT2D eigenvalue weighted by Gasteiger charge is -2.38. The summed E-state index contributed by atoms with van der Waals surface area (Å²) < 4.78 is 16.8. The van der Waals surface area contributed by atoms with Gasteiger partial charge < -0.3 is 24.4 Å². The van der Waals surface area contributed by atoms with Crippen molar-refractivity contribution in [1.82, 2.24) is 0 Å². The molecule has 1 aromatic carbocycles. The monoisotopic (exact) mass is 368 g/mol. The van der Waals surface area contributed by atoms with Gasteiger partial charge in [0.05, 0.1) is 12.2 Å². The first-order valence-corrected chi connectivity index (χ1v) is 12.3. The number of aliphatic hydroxyl groups is 2. The number of carbonyl (C=O) groups excluding carboxylic acids is 1. The quantitative estimate of drug-likeness (QED) is 0.566. The molecule has 0 aliphatic carbocycles. The Balaban J connectivity index is 1.96. The highest BCUT2D eigenvalue weighted by Gasteiger charge is 2.40. The molecule has 1 saturated heterocycles. The molecule has 0 spiro atoms. The largest absolute Gasteiger partial charge is 0.456 e. The number of hydrogen-bond acceptors (Lipinski definition) is 6. The zero-order valence-corrected chi connectivity index (χ0v) is 16.1. The molecule has 2 N–H and O–H groups in total. The van der Waals surface area contributed by atoms with Crippen LogP contribution >= 0.6 is 0 Å². The van der Waals surface area contributed by atoms with Crippen molar-refractivity contribution in [3.63, 3.8) is 0 Å². The van der Waals surface area contributed by atoms with Gasteiger partial charge in [0.25, 0.3) is 0 Å². The molecular weight excluding hydrogens is 340 g/mol. The summed E-state index contributed by atoms with van der Waals surface area (Å²) in [6.07, 6.45) is -3.07. The standard InChI is InChI=1S/C18H28O6Si/c1-25(2,3)10-9-22-16-11-14(17(20)15(12-19)23-16)24-18(21)13-7-5-4-6-8-13/h4-8,14-17,19-20H,9-12H2,1-3H3/t14-,15-,16-,17+/m1/s1. The summed E-state index contributed by atoms with van der Waals surface area (Å²) in [5.74, 6) is -0.510. The van der Waals surface area contributed by atoms with Crippen molar-refractivity contribution >= 4 is 14.0 Å². The third-order valence-electron chi connectivity index (χ3n) is 4.12. The molecule has 25 heavy (non-hydrogen) atoms. The van der Waals surface area contributed by atoms with Crippen molar-refractivity contribution in [2.75, 3.05) is 13.2 Å². The Morgan fingerprint density at radius 1 is 1.28 bits per heavy atom. The molecule has 0 saturated carbocycles. The lowest BCUT2D eigenvalue weighted by Crippen LogP contribution is -2.52. The van der Waals surface area contributed by atoms with E-state index in [-0.39, 0.29) is 13.0 Å². The number of benzene rings is 1. The van der Waals surface area contributed by atoms with E-state index in [1.165, 1.54) is 0 Å². The fraction of sp³-hybridized carbons (Fsp3) is 0.611. The highest BCUT2D eigenvalue weighted by Crippen LogP contribution is 2.25. The molecule has 0 bridgehead atoms. The van der Waals surface area contributed by atoms with Gasteiger partial charge in [0.1, 0.15) is 18.3 Å². The fourth-order valence-electron chi connectivity index (χ4n) is 2.55. The Labute approximate surface area is 149 Å². The molecule has 0 amide bonds. The van der Waals surface area contributed by atoms with Gasteiger partial charge in [-0.2, -0.15) is 0 Å². The molecule has 1 heterocycles. The van der Waals surface area contributed by atoms with Crippen molar-refractivity contribution in [2.24, 2.45) is 0 Å². The summed E-state index contributed by atoms with van der Waals surface area (Å²) in [5, 5.41) is 19.7. The van der Waals surface area contributed by atoms with E-state index < -0.39 is 38.6 Å². The normalized spacial score (nSPS) is 27.1. The molecule has 1 aliphatic heterocycles. The summed E-state index contributed by atoms with van der Waals surface area (Å²) in [6.45, 7) is 6.94. The molecule has 1 aromatic rings. The number of esters is 1. The van der Waals surface area contributed by atoms with Gasteiger partial charge >= 0.3 is 5.97 Å². The molecule has 1 fully saturated rings. The molecule has 7 heteroatoms. The van der Waals surface area contributed by atoms with Crippen molar-refractivity contribution in [3.05, 3.63) is 35.9 Å². The van der Waals surface area contributed by atoms with Crippen LogP contribution in [0.1, 0.15) is 16.8 Å². The van der Waals surface area contributed by atoms with Crippen LogP contribution in [0.5, 0.6) is 0 Å². The van der Waals surface area contributed by atoms with Gasteiger partial charge in [-0.3, -0.25) is 0 Å². The highest BCUT2D eigenvalue weighted by atomic mass is 28.3. The maximum atomic E-state index is 12.2. The van der Waals surface area contributed by atoms with Crippen LogP contribution in [-0.4, -0.2) is 62.1 Å². The second-order valence-electron chi connectivity index (χ2n) is 7.50. The van der Waals surface area contributed by atoms with Crippen LogP contribution in [0, 0.1) is 0 Å². The number of carbonyl (C=O) groups is 1. The van der Waals surface area contributed by atoms with Crippen LogP contribution in [0.2, 0.25) is 25.7 Å². The van der Waals surface area contributed by atoms with E-state index >= 15 is 0 Å². The minimum atomic E-state index is -1.23. The number of ether oxygens (including phenoxy) is 3. The zero-order chi connectivity index (χ0) is 18.4. The average molecular weight is 369 g/mol. The smallest absolute Gasteiger partial charge is 0.338 e. The lowest BCUT2D eigenvalue weighted by atomic mass is 10.0. The fourth-order valence-corrected chi connectivity index (χ4v) is 3.28. The Bertz CT molecular complexity index is 544. The van der Waals surface area contributed by atoms with Crippen LogP contribution in [0.3, 0.4) is 0 Å². The van der Waals surface area contributed by atoms with E-state index in [0.29, 0.717) is 12.2 Å². The van der Waals surface area contributed by atoms with Crippen LogP contribution in [-0.2, 0) is 14.2 Å². The van der Waals surface area contributed by atoms with Gasteiger partial charge in [0.15, 0.2) is 6.29 Å². The van der Waals surface area contributed by atoms with Gasteiger partial charge in [0.2, 0.25) is 0 Å². The number of aliphatic hydroxyl groups excluding tert-OH is 2. The number of rotatable bonds is 7. The van der Waals surface area contributed by atoms with Crippen LogP contribution in [0.15, 0.2) is 30.3 Å². The van der Waals surface area contributed by atoms with E-state index in [0.717, 1.165) is 6.04 Å². The van der Waals surface area contributed by atoms with Crippen molar-refractivity contribution in [1.29, 1.82) is 0 Å². The van der Waals surface area contributed by atoms with Gasteiger partial charge in [-0.15, -0.1) is 0 Å². The second kappa shape index (κ2) is 8.91. The predicted octanol–water partition coefficient (Wildman–Crippen LogP) is 2.03. The Kier molecular flexibility index (Phi) is 7.15. The predicted molar refractivity (Wildman–Crippen MR) is 96.1 cm³/mol. The molecule has 0 unspecified atom stereocenters. The molecular formula is C18H28O6Si. The van der Waals surface area contributed by atoms with E-state index in [2.05, 4.69) is 19.6 Å². The summed E-state index contributed by atoms with van der Waals surface area (Å²) in [4.78, 5) is 12.2. The number of hydrogen-bond donors (Lipinski definition) is 2. The van der Waals surface area contributed by atoms with E-state index in [9.17, 15) is 15.0 Å². The first kappa shape index (κ1) is 20.1. The molecule has 6 nitrogen and oxygen atoms in total. The van der Waals surface area contributed by atoms with Crippen LogP contribution < -0.4 is 0 Å². The van der Waals surface area contributed by atoms with Crippen molar-refractivity contribution < 1.29 is 29.2 Å². The Hall–Kier alpha value is -1.25. The minimum absolute atomic E-state index is 0.238. The third-order valence-corrected chi connectivity index (χ3v) is 5.82. The van der Waals surface area contributed by atoms with E-state index in [4.69, 9.17) is 14.2 Å². The second-order valence-corrected chi connectivity index (χ2v) is 13.1. The zero-order valence-electron chi connectivity index (χ0n) is 15.1. The first-order valence-electron chi connectivity index (χ1n) is 8.62. The van der Waals surface area contributed by atoms with Crippen LogP contribution in [0.25, 0.3) is 0 Å². The summed E-state index contributed by atoms with van der Waals surface area (Å²) in [6, 6.07) is 9.59. The van der Waals surface area contributed by atoms with Crippen molar-refractivity contribution in [2.45, 2.75) is 56.7 Å². The van der Waals surface area contributed by atoms with Gasteiger partial charge in [-0.05, 0) is 18.2 Å². The third kappa shape index (κ3) is 6.20. The SMILES string of the molecule is C[Si](C)(C)CCO[C@H]1C[C@@H](OC(=O)c2ccccc2)[C@H](O)[C@@H](CO)O1. The van der Waals surface area contributed by atoms with E-state index in [1.54, 1.807) is 24.3 Å². The minimum Gasteiger partial charge on any atom is -0.456 e. The molecule has 2 rings (SSSR count). The summed E-state index contributed by atoms with van der Waals surface area (Å²) in [5.41, 5.74) is 0.415. The average Bonchev–Trinajstić information content (AvgIpc) is 2.57. The van der Waals surface area contributed by atoms with Crippen LogP contribution in [0.4, 0.5) is 0 Å². The Morgan fingerprint density at radius 3 is 2.56 bits per heavy atom. The maximum Gasteiger partial charge on any atom is 0.338 e. The molecule has 4 atom stereocenters. The van der Waals surface area contributed by atoms with Gasteiger partial charge in [-0.25, -0.2) is 4.79 Å². The van der Waals surface area contributed by atoms with Crippen molar-refractivity contribution in [3.8, 4) is 0 Å². The first-order chi connectivity index (χ1) is 11.8.